The van der Waals surface area contributed by atoms with Crippen LogP contribution in [0.25, 0.3) is 6.08 Å². The zero-order valence-electron chi connectivity index (χ0n) is 25.2. The van der Waals surface area contributed by atoms with E-state index in [-0.39, 0.29) is 30.8 Å². The number of aliphatic hydroxyl groups is 2. The molecule has 240 valence electrons. The molecule has 1 aliphatic carbocycles. The lowest BCUT2D eigenvalue weighted by Crippen LogP contribution is -2.40. The third-order valence-corrected chi connectivity index (χ3v) is 8.73. The highest BCUT2D eigenvalue weighted by Crippen LogP contribution is 2.47. The van der Waals surface area contributed by atoms with Crippen molar-refractivity contribution >= 4 is 29.3 Å². The van der Waals surface area contributed by atoms with Crippen molar-refractivity contribution in [1.29, 1.82) is 0 Å². The fourth-order valence-electron chi connectivity index (χ4n) is 6.46. The molecule has 0 aromatic heterocycles. The minimum Gasteiger partial charge on any atom is -0.505 e. The van der Waals surface area contributed by atoms with E-state index in [4.69, 9.17) is 4.74 Å². The minimum absolute atomic E-state index is 0.0116. The molecule has 1 aliphatic heterocycles. The molecule has 0 unspecified atom stereocenters. The minimum atomic E-state index is -1.10. The fourth-order valence-corrected chi connectivity index (χ4v) is 6.46. The molecule has 3 aromatic rings. The number of nitrogens with zero attached hydrogens (tertiary/aromatic N) is 2. The molecule has 2 amide bonds. The maximum Gasteiger partial charge on any atom is 0.271 e. The number of allylic oxidation sites excluding steroid dienone is 1. The van der Waals surface area contributed by atoms with E-state index >= 15 is 0 Å². The van der Waals surface area contributed by atoms with Gasteiger partial charge in [-0.2, -0.15) is 0 Å². The lowest BCUT2D eigenvalue weighted by atomic mass is 9.68. The van der Waals surface area contributed by atoms with Crippen LogP contribution in [0.15, 0.2) is 89.5 Å². The molecule has 0 saturated carbocycles. The number of carbonyl (C=O) groups excluding carboxylic acids is 2. The van der Waals surface area contributed by atoms with Crippen LogP contribution in [0.2, 0.25) is 0 Å². The van der Waals surface area contributed by atoms with Gasteiger partial charge in [-0.25, -0.2) is 9.29 Å². The number of amides is 2. The number of hydrogen-bond donors (Lipinski definition) is 3. The first-order valence-electron chi connectivity index (χ1n) is 15.1. The van der Waals surface area contributed by atoms with Crippen molar-refractivity contribution in [2.24, 2.45) is 17.8 Å². The summed E-state index contributed by atoms with van der Waals surface area (Å²) in [5.41, 5.74) is 2.30. The summed E-state index contributed by atoms with van der Waals surface area (Å²) in [6.45, 7) is 1.42. The van der Waals surface area contributed by atoms with E-state index in [9.17, 15) is 39.4 Å². The van der Waals surface area contributed by atoms with Crippen LogP contribution < -0.4 is 9.64 Å². The summed E-state index contributed by atoms with van der Waals surface area (Å²) >= 11 is 0. The second kappa shape index (κ2) is 14.1. The van der Waals surface area contributed by atoms with Gasteiger partial charge in [0.25, 0.3) is 5.69 Å². The number of halogens is 1. The molecule has 1 saturated heterocycles. The number of nitro benzene ring substituents is 1. The average Bonchev–Trinajstić information content (AvgIpc) is 3.31. The molecule has 3 aromatic carbocycles. The van der Waals surface area contributed by atoms with E-state index < -0.39 is 58.8 Å². The zero-order chi connectivity index (χ0) is 33.0. The van der Waals surface area contributed by atoms with Gasteiger partial charge in [0.15, 0.2) is 11.6 Å². The molecule has 1 heterocycles. The third-order valence-electron chi connectivity index (χ3n) is 8.73. The number of non-ortho nitro benzene ring substituents is 1. The topological polar surface area (TPSA) is 150 Å². The average molecular weight is 631 g/mol. The van der Waals surface area contributed by atoms with Crippen LogP contribution in [0, 0.1) is 33.7 Å². The Labute approximate surface area is 265 Å². The summed E-state index contributed by atoms with van der Waals surface area (Å²) in [4.78, 5) is 39.3. The second-order valence-corrected chi connectivity index (χ2v) is 11.5. The van der Waals surface area contributed by atoms with Gasteiger partial charge in [0.1, 0.15) is 12.4 Å². The van der Waals surface area contributed by atoms with Crippen molar-refractivity contribution in [3.63, 3.8) is 0 Å². The lowest BCUT2D eigenvalue weighted by molar-refractivity contribution is -0.384. The van der Waals surface area contributed by atoms with Gasteiger partial charge in [-0.05, 0) is 72.7 Å². The number of fused-ring (bicyclic) bond motifs is 1. The van der Waals surface area contributed by atoms with Gasteiger partial charge in [0, 0.05) is 18.1 Å². The van der Waals surface area contributed by atoms with E-state index in [2.05, 4.69) is 0 Å². The van der Waals surface area contributed by atoms with Crippen molar-refractivity contribution in [3.05, 3.63) is 111 Å². The highest BCUT2D eigenvalue weighted by atomic mass is 19.1. The highest BCUT2D eigenvalue weighted by molar-refractivity contribution is 6.22. The van der Waals surface area contributed by atoms with Gasteiger partial charge in [0.05, 0.1) is 35.2 Å². The van der Waals surface area contributed by atoms with Crippen LogP contribution in [0.3, 0.4) is 0 Å². The molecule has 10 nitrogen and oxygen atoms in total. The number of para-hydroxylation sites is 1. The number of hydrogen-bond acceptors (Lipinski definition) is 8. The van der Waals surface area contributed by atoms with E-state index in [1.807, 2.05) is 25.1 Å². The summed E-state index contributed by atoms with van der Waals surface area (Å²) < 4.78 is 19.9. The number of phenolic OH excluding ortho intramolecular Hbond substituents is 1. The van der Waals surface area contributed by atoms with Crippen LogP contribution in [0.5, 0.6) is 11.5 Å². The van der Waals surface area contributed by atoms with E-state index in [1.54, 1.807) is 24.3 Å². The number of anilines is 1. The largest absolute Gasteiger partial charge is 0.505 e. The van der Waals surface area contributed by atoms with Gasteiger partial charge < -0.3 is 20.1 Å². The highest BCUT2D eigenvalue weighted by Gasteiger charge is 2.55. The van der Waals surface area contributed by atoms with Crippen molar-refractivity contribution in [1.82, 2.24) is 0 Å². The molecule has 3 N–H and O–H groups in total. The molecule has 0 radical (unpaired) electrons. The number of imide groups is 1. The predicted molar refractivity (Wildman–Crippen MR) is 168 cm³/mol. The monoisotopic (exact) mass is 630 g/mol. The summed E-state index contributed by atoms with van der Waals surface area (Å²) in [6, 6.07) is 18.4. The Bertz CT molecular complexity index is 1690. The van der Waals surface area contributed by atoms with Gasteiger partial charge in [-0.15, -0.1) is 0 Å². The first kappa shape index (κ1) is 32.5. The smallest absolute Gasteiger partial charge is 0.271 e. The SMILES string of the molecule is CC/C(=C\c1ccc(O)c(F)c1)CC[C@@H](O)C1=C(COc2ccccc2)C[C@H]2C(=O)N(c3cccc([N+](=O)[O-])c3)C(=O)[C@H]2[C@H]1CO. The molecule has 2 aliphatic rings. The Morgan fingerprint density at radius 1 is 1.11 bits per heavy atom. The van der Waals surface area contributed by atoms with Gasteiger partial charge >= 0.3 is 0 Å². The normalized spacial score (nSPS) is 20.6. The van der Waals surface area contributed by atoms with Crippen molar-refractivity contribution < 1.29 is 39.0 Å². The fraction of sp³-hybridized carbons (Fsp3) is 0.314. The number of ether oxygens (including phenoxy) is 1. The molecule has 0 bridgehead atoms. The number of carbonyl (C=O) groups is 2. The Morgan fingerprint density at radius 3 is 2.54 bits per heavy atom. The molecule has 1 fully saturated rings. The lowest BCUT2D eigenvalue weighted by Gasteiger charge is -2.36. The number of phenols is 1. The number of benzene rings is 3. The molecule has 0 spiro atoms. The van der Waals surface area contributed by atoms with E-state index in [0.29, 0.717) is 35.3 Å². The first-order chi connectivity index (χ1) is 22.1. The maximum absolute atomic E-state index is 13.9. The summed E-state index contributed by atoms with van der Waals surface area (Å²) in [5.74, 6) is -4.48. The molecular weight excluding hydrogens is 595 g/mol. The maximum atomic E-state index is 13.9. The quantitative estimate of drug-likeness (QED) is 0.102. The molecule has 5 rings (SSSR count). The van der Waals surface area contributed by atoms with Crippen LogP contribution in [0.4, 0.5) is 15.8 Å². The first-order valence-corrected chi connectivity index (χ1v) is 15.1. The van der Waals surface area contributed by atoms with E-state index in [0.717, 1.165) is 10.5 Å². The molecule has 4 atom stereocenters. The van der Waals surface area contributed by atoms with Crippen LogP contribution >= 0.6 is 0 Å². The van der Waals surface area contributed by atoms with Crippen LogP contribution in [-0.4, -0.2) is 51.4 Å². The van der Waals surface area contributed by atoms with Gasteiger partial charge in [-0.3, -0.25) is 19.7 Å². The number of rotatable bonds is 12. The number of aliphatic hydroxyl groups excluding tert-OH is 2. The third kappa shape index (κ3) is 6.70. The van der Waals surface area contributed by atoms with Gasteiger partial charge in [0.2, 0.25) is 11.8 Å². The van der Waals surface area contributed by atoms with Crippen LogP contribution in [0.1, 0.15) is 38.2 Å². The number of aromatic hydroxyl groups is 1. The molecular formula is C35H35FN2O8. The standard InChI is InChI=1S/C35H35FN2O8/c1-2-21(15-22-12-13-30(40)29(36)16-22)11-14-31(41)32-23(20-46-26-9-4-3-5-10-26)17-27-33(28(32)19-39)35(43)37(34(27)42)24-7-6-8-25(18-24)38(44)45/h3-10,12-13,15-16,18,27-28,31,33,39-41H,2,11,14,17,19-20H2,1H3/b21-15+/t27-,28+,31-,33-/m1/s1. The summed E-state index contributed by atoms with van der Waals surface area (Å²) in [6.07, 6.45) is 2.02. The number of nitro groups is 1. The molecule has 11 heteroatoms. The van der Waals surface area contributed by atoms with E-state index in [1.165, 1.54) is 36.4 Å². The second-order valence-electron chi connectivity index (χ2n) is 11.5. The summed E-state index contributed by atoms with van der Waals surface area (Å²) in [5, 5.41) is 43.3. The van der Waals surface area contributed by atoms with Crippen molar-refractivity contribution in [2.75, 3.05) is 18.1 Å². The predicted octanol–water partition coefficient (Wildman–Crippen LogP) is 5.57. The van der Waals surface area contributed by atoms with Crippen molar-refractivity contribution in [3.8, 4) is 11.5 Å². The summed E-state index contributed by atoms with van der Waals surface area (Å²) in [7, 11) is 0. The van der Waals surface area contributed by atoms with Gasteiger partial charge in [-0.1, -0.05) is 48.9 Å². The van der Waals surface area contributed by atoms with Crippen molar-refractivity contribution in [2.45, 2.75) is 38.7 Å². The zero-order valence-corrected chi connectivity index (χ0v) is 25.2. The Balaban J connectivity index is 1.46. The Kier molecular flexibility index (Phi) is 9.93. The molecule has 46 heavy (non-hydrogen) atoms. The van der Waals surface area contributed by atoms with Crippen LogP contribution in [-0.2, 0) is 9.59 Å². The Morgan fingerprint density at radius 2 is 1.87 bits per heavy atom. The Hall–Kier alpha value is -4.87.